The Balaban J connectivity index is 2.30. The first-order valence-corrected chi connectivity index (χ1v) is 7.32. The zero-order chi connectivity index (χ0) is 12.3. The second-order valence-electron chi connectivity index (χ2n) is 4.33. The number of allylic oxidation sites excluding steroid dienone is 1. The first-order chi connectivity index (χ1) is 8.16. The molecule has 0 radical (unpaired) electrons. The molecule has 2 rings (SSSR count). The Morgan fingerprint density at radius 3 is 2.71 bits per heavy atom. The molecule has 1 saturated carbocycles. The number of aromatic nitrogens is 2. The lowest BCUT2D eigenvalue weighted by Gasteiger charge is -2.17. The van der Waals surface area contributed by atoms with Gasteiger partial charge in [-0.1, -0.05) is 12.5 Å². The van der Waals surface area contributed by atoms with E-state index in [1.54, 1.807) is 12.1 Å². The molecule has 1 aromatic rings. The Morgan fingerprint density at radius 1 is 1.35 bits per heavy atom. The maximum atomic E-state index is 12.4. The summed E-state index contributed by atoms with van der Waals surface area (Å²) in [7, 11) is -3.38. The van der Waals surface area contributed by atoms with Gasteiger partial charge < -0.3 is 0 Å². The van der Waals surface area contributed by atoms with Crippen LogP contribution in [-0.4, -0.2) is 23.6 Å². The number of hydrogen-bond acceptors (Lipinski definition) is 4. The van der Waals surface area contributed by atoms with Crippen molar-refractivity contribution >= 4 is 9.84 Å². The van der Waals surface area contributed by atoms with Crippen LogP contribution in [0.4, 0.5) is 0 Å². The molecule has 0 saturated heterocycles. The third kappa shape index (κ3) is 2.39. The van der Waals surface area contributed by atoms with Crippen LogP contribution in [0, 0.1) is 5.92 Å². The van der Waals surface area contributed by atoms with E-state index in [4.69, 9.17) is 0 Å². The second-order valence-corrected chi connectivity index (χ2v) is 6.39. The summed E-state index contributed by atoms with van der Waals surface area (Å²) >= 11 is 0. The molecular weight excluding hydrogens is 236 g/mol. The van der Waals surface area contributed by atoms with Crippen molar-refractivity contribution in [2.45, 2.75) is 36.1 Å². The lowest BCUT2D eigenvalue weighted by Crippen LogP contribution is -2.26. The van der Waals surface area contributed by atoms with Crippen LogP contribution in [0.15, 0.2) is 36.3 Å². The van der Waals surface area contributed by atoms with E-state index in [1.807, 2.05) is 0 Å². The largest absolute Gasteiger partial charge is 0.247 e. The number of hydrogen-bond donors (Lipinski definition) is 0. The molecule has 0 N–H and O–H groups in total. The summed E-state index contributed by atoms with van der Waals surface area (Å²) in [5, 5.41) is -0.385. The predicted molar refractivity (Wildman–Crippen MR) is 65.2 cm³/mol. The summed E-state index contributed by atoms with van der Waals surface area (Å²) in [4.78, 5) is 7.73. The van der Waals surface area contributed by atoms with Crippen LogP contribution >= 0.6 is 0 Å². The lowest BCUT2D eigenvalue weighted by atomic mass is 10.0. The fourth-order valence-corrected chi connectivity index (χ4v) is 4.38. The zero-order valence-corrected chi connectivity index (χ0v) is 10.4. The van der Waals surface area contributed by atoms with Crippen molar-refractivity contribution in [3.8, 4) is 0 Å². The van der Waals surface area contributed by atoms with Crippen LogP contribution in [0.3, 0.4) is 0 Å². The summed E-state index contributed by atoms with van der Waals surface area (Å²) in [6.45, 7) is 3.69. The van der Waals surface area contributed by atoms with Crippen LogP contribution in [0.5, 0.6) is 0 Å². The van der Waals surface area contributed by atoms with Gasteiger partial charge in [-0.2, -0.15) is 0 Å². The van der Waals surface area contributed by atoms with Gasteiger partial charge in [-0.25, -0.2) is 18.4 Å². The molecule has 17 heavy (non-hydrogen) atoms. The zero-order valence-electron chi connectivity index (χ0n) is 9.62. The van der Waals surface area contributed by atoms with E-state index in [9.17, 15) is 8.42 Å². The van der Waals surface area contributed by atoms with Gasteiger partial charge in [-0.3, -0.25) is 0 Å². The molecule has 1 fully saturated rings. The third-order valence-corrected chi connectivity index (χ3v) is 5.39. The van der Waals surface area contributed by atoms with E-state index in [2.05, 4.69) is 16.5 Å². The average molecular weight is 252 g/mol. The monoisotopic (exact) mass is 252 g/mol. The predicted octanol–water partition coefficient (Wildman–Crippen LogP) is 2.00. The van der Waals surface area contributed by atoms with E-state index in [0.717, 1.165) is 19.3 Å². The number of sulfone groups is 1. The molecule has 0 bridgehead atoms. The smallest absolute Gasteiger partial charge is 0.227 e. The van der Waals surface area contributed by atoms with Gasteiger partial charge in [0.25, 0.3) is 0 Å². The fraction of sp³-hybridized carbons (Fsp3) is 0.500. The minimum Gasteiger partial charge on any atom is -0.227 e. The maximum absolute atomic E-state index is 12.4. The third-order valence-electron chi connectivity index (χ3n) is 3.25. The maximum Gasteiger partial charge on any atom is 0.247 e. The van der Waals surface area contributed by atoms with Crippen LogP contribution in [0.2, 0.25) is 0 Å². The topological polar surface area (TPSA) is 59.9 Å². The minimum atomic E-state index is -3.38. The molecule has 0 amide bonds. The van der Waals surface area contributed by atoms with Crippen LogP contribution in [0.1, 0.15) is 25.7 Å². The first kappa shape index (κ1) is 12.2. The van der Waals surface area contributed by atoms with Crippen LogP contribution in [-0.2, 0) is 9.84 Å². The first-order valence-electron chi connectivity index (χ1n) is 5.78. The molecule has 1 heterocycles. The van der Waals surface area contributed by atoms with E-state index in [0.29, 0.717) is 6.42 Å². The van der Waals surface area contributed by atoms with Gasteiger partial charge in [0.15, 0.2) is 0 Å². The van der Waals surface area contributed by atoms with Crippen LogP contribution in [0.25, 0.3) is 0 Å². The molecule has 2 atom stereocenters. The highest BCUT2D eigenvalue weighted by Crippen LogP contribution is 2.35. The molecule has 5 heteroatoms. The Labute approximate surface area is 102 Å². The van der Waals surface area contributed by atoms with Gasteiger partial charge >= 0.3 is 0 Å². The van der Waals surface area contributed by atoms with Gasteiger partial charge in [0.05, 0.1) is 5.25 Å². The highest BCUT2D eigenvalue weighted by Gasteiger charge is 2.38. The van der Waals surface area contributed by atoms with E-state index in [1.165, 1.54) is 12.4 Å². The van der Waals surface area contributed by atoms with E-state index < -0.39 is 9.84 Å². The van der Waals surface area contributed by atoms with E-state index >= 15 is 0 Å². The Hall–Kier alpha value is -1.23. The summed E-state index contributed by atoms with van der Waals surface area (Å²) in [5.41, 5.74) is 0. The summed E-state index contributed by atoms with van der Waals surface area (Å²) < 4.78 is 24.7. The molecule has 0 unspecified atom stereocenters. The number of nitrogens with zero attached hydrogens (tertiary/aromatic N) is 2. The van der Waals surface area contributed by atoms with Crippen molar-refractivity contribution in [1.29, 1.82) is 0 Å². The molecule has 4 nitrogen and oxygen atoms in total. The van der Waals surface area contributed by atoms with Gasteiger partial charge in [0, 0.05) is 12.4 Å². The molecule has 0 aliphatic heterocycles. The summed E-state index contributed by atoms with van der Waals surface area (Å²) in [6.07, 6.45) is 8.09. The molecule has 1 aliphatic rings. The molecular formula is C12H16N2O2S. The van der Waals surface area contributed by atoms with Crippen molar-refractivity contribution in [3.63, 3.8) is 0 Å². The van der Waals surface area contributed by atoms with Crippen molar-refractivity contribution < 1.29 is 8.42 Å². The SMILES string of the molecule is C=CC[C@H]1CCC[C@H]1S(=O)(=O)c1ncccn1. The molecule has 1 aliphatic carbocycles. The summed E-state index contributed by atoms with van der Waals surface area (Å²) in [5.74, 6) is 0.168. The van der Waals surface area contributed by atoms with Gasteiger partial charge in [-0.05, 0) is 31.2 Å². The van der Waals surface area contributed by atoms with Crippen molar-refractivity contribution in [1.82, 2.24) is 9.97 Å². The molecule has 0 aromatic carbocycles. The summed E-state index contributed by atoms with van der Waals surface area (Å²) in [6, 6.07) is 1.62. The van der Waals surface area contributed by atoms with Crippen molar-refractivity contribution in [3.05, 3.63) is 31.1 Å². The Kier molecular flexibility index (Phi) is 3.57. The average Bonchev–Trinajstić information content (AvgIpc) is 2.80. The quantitative estimate of drug-likeness (QED) is 0.607. The highest BCUT2D eigenvalue weighted by atomic mass is 32.2. The molecule has 1 aromatic heterocycles. The standard InChI is InChI=1S/C12H16N2O2S/c1-2-5-10-6-3-7-11(10)17(15,16)12-13-8-4-9-14-12/h2,4,8-11H,1,3,5-7H2/t10-,11+/m0/s1. The van der Waals surface area contributed by atoms with Crippen molar-refractivity contribution in [2.24, 2.45) is 5.92 Å². The normalized spacial score (nSPS) is 24.7. The number of rotatable bonds is 4. The van der Waals surface area contributed by atoms with Gasteiger partial charge in [-0.15, -0.1) is 6.58 Å². The molecule has 0 spiro atoms. The minimum absolute atomic E-state index is 0.0408. The van der Waals surface area contributed by atoms with E-state index in [-0.39, 0.29) is 16.3 Å². The van der Waals surface area contributed by atoms with Gasteiger partial charge in [0.2, 0.25) is 15.0 Å². The second kappa shape index (κ2) is 4.96. The lowest BCUT2D eigenvalue weighted by molar-refractivity contribution is 0.515. The van der Waals surface area contributed by atoms with Gasteiger partial charge in [0.1, 0.15) is 0 Å². The Morgan fingerprint density at radius 2 is 2.06 bits per heavy atom. The fourth-order valence-electron chi connectivity index (χ4n) is 2.46. The Bertz CT molecular complexity index is 484. The highest BCUT2D eigenvalue weighted by molar-refractivity contribution is 7.91. The van der Waals surface area contributed by atoms with Crippen molar-refractivity contribution in [2.75, 3.05) is 0 Å². The van der Waals surface area contributed by atoms with Crippen LogP contribution < -0.4 is 0 Å². The molecule has 92 valence electrons.